The van der Waals surface area contributed by atoms with Crippen molar-refractivity contribution in [2.45, 2.75) is 38.0 Å². The van der Waals surface area contributed by atoms with E-state index in [9.17, 15) is 4.79 Å². The highest BCUT2D eigenvalue weighted by atomic mass is 16.5. The van der Waals surface area contributed by atoms with Crippen LogP contribution in [0.1, 0.15) is 36.9 Å². The summed E-state index contributed by atoms with van der Waals surface area (Å²) in [6.45, 7) is 2.78. The summed E-state index contributed by atoms with van der Waals surface area (Å²) in [5.41, 5.74) is 2.12. The number of benzene rings is 2. The third-order valence-corrected chi connectivity index (χ3v) is 4.42. The lowest BCUT2D eigenvalue weighted by Gasteiger charge is -2.24. The lowest BCUT2D eigenvalue weighted by Crippen LogP contribution is -2.47. The van der Waals surface area contributed by atoms with Gasteiger partial charge in [0.15, 0.2) is 0 Å². The van der Waals surface area contributed by atoms with Crippen LogP contribution in [0.5, 0.6) is 0 Å². The molecule has 1 aliphatic heterocycles. The van der Waals surface area contributed by atoms with Gasteiger partial charge in [0.25, 0.3) is 0 Å². The van der Waals surface area contributed by atoms with Gasteiger partial charge in [-0.3, -0.25) is 0 Å². The highest BCUT2D eigenvalue weighted by Crippen LogP contribution is 2.22. The van der Waals surface area contributed by atoms with Crippen LogP contribution in [0.3, 0.4) is 0 Å². The van der Waals surface area contributed by atoms with Crippen LogP contribution in [0.2, 0.25) is 0 Å². The summed E-state index contributed by atoms with van der Waals surface area (Å²) in [5, 5.41) is 6.12. The first-order chi connectivity index (χ1) is 11.7. The van der Waals surface area contributed by atoms with Gasteiger partial charge in [0.05, 0.1) is 18.2 Å². The number of nitrogens with one attached hydrogen (secondary N) is 2. The molecule has 1 heterocycles. The van der Waals surface area contributed by atoms with Crippen molar-refractivity contribution in [3.63, 3.8) is 0 Å². The van der Waals surface area contributed by atoms with Gasteiger partial charge in [-0.05, 0) is 30.9 Å². The molecule has 2 atom stereocenters. The number of amides is 2. The minimum Gasteiger partial charge on any atom is -0.376 e. The Hall–Kier alpha value is -2.33. The highest BCUT2D eigenvalue weighted by Gasteiger charge is 2.24. The van der Waals surface area contributed by atoms with Crippen LogP contribution in [0.4, 0.5) is 4.79 Å². The van der Waals surface area contributed by atoms with Crippen molar-refractivity contribution in [2.75, 3.05) is 6.61 Å². The zero-order valence-electron chi connectivity index (χ0n) is 13.9. The fraction of sp³-hybridized carbons (Fsp3) is 0.350. The molecule has 1 aliphatic rings. The smallest absolute Gasteiger partial charge is 0.315 e. The summed E-state index contributed by atoms with van der Waals surface area (Å²) < 4.78 is 5.65. The molecule has 24 heavy (non-hydrogen) atoms. The quantitative estimate of drug-likeness (QED) is 0.882. The summed E-state index contributed by atoms with van der Waals surface area (Å²) >= 11 is 0. The number of rotatable bonds is 5. The second kappa shape index (κ2) is 7.97. The molecule has 3 rings (SSSR count). The molecule has 0 bridgehead atoms. The first-order valence-electron chi connectivity index (χ1n) is 8.52. The topological polar surface area (TPSA) is 50.4 Å². The molecule has 0 spiro atoms. The molecule has 0 aliphatic carbocycles. The number of carbonyl (C=O) groups is 1. The van der Waals surface area contributed by atoms with Crippen LogP contribution in [-0.4, -0.2) is 24.8 Å². The number of carbonyl (C=O) groups excluding carboxylic acids is 1. The van der Waals surface area contributed by atoms with E-state index >= 15 is 0 Å². The summed E-state index contributed by atoms with van der Waals surface area (Å²) in [6.07, 6.45) is 2.18. The maximum Gasteiger partial charge on any atom is 0.315 e. The van der Waals surface area contributed by atoms with Crippen LogP contribution in [0.15, 0.2) is 60.7 Å². The molecule has 0 radical (unpaired) electrons. The molecule has 0 aromatic heterocycles. The standard InChI is InChI=1S/C20H24N2O2/c1-15(18-13-8-14-24-18)21-20(23)22-19(16-9-4-2-5-10-16)17-11-6-3-7-12-17/h2-7,9-12,15,18-19H,8,13-14H2,1H3,(H2,21,22,23)/t15-,18-/m0/s1. The third-order valence-electron chi connectivity index (χ3n) is 4.42. The summed E-state index contributed by atoms with van der Waals surface area (Å²) in [7, 11) is 0. The van der Waals surface area contributed by atoms with Crippen molar-refractivity contribution in [3.05, 3.63) is 71.8 Å². The average Bonchev–Trinajstić information content (AvgIpc) is 3.16. The molecular formula is C20H24N2O2. The van der Waals surface area contributed by atoms with Crippen molar-refractivity contribution in [1.29, 1.82) is 0 Å². The van der Waals surface area contributed by atoms with E-state index in [4.69, 9.17) is 4.74 Å². The maximum absolute atomic E-state index is 12.5. The molecule has 2 N–H and O–H groups in total. The van der Waals surface area contributed by atoms with E-state index in [-0.39, 0.29) is 24.2 Å². The van der Waals surface area contributed by atoms with E-state index < -0.39 is 0 Å². The average molecular weight is 324 g/mol. The number of hydrogen-bond donors (Lipinski definition) is 2. The van der Waals surface area contributed by atoms with E-state index in [0.29, 0.717) is 0 Å². The van der Waals surface area contributed by atoms with Crippen molar-refractivity contribution in [3.8, 4) is 0 Å². The number of hydrogen-bond acceptors (Lipinski definition) is 2. The molecule has 2 aromatic carbocycles. The van der Waals surface area contributed by atoms with Crippen molar-refractivity contribution in [2.24, 2.45) is 0 Å². The van der Waals surface area contributed by atoms with Gasteiger partial charge in [-0.2, -0.15) is 0 Å². The molecular weight excluding hydrogens is 300 g/mol. The first-order valence-corrected chi connectivity index (χ1v) is 8.52. The van der Waals surface area contributed by atoms with E-state index in [1.54, 1.807) is 0 Å². The molecule has 0 unspecified atom stereocenters. The fourth-order valence-corrected chi connectivity index (χ4v) is 3.12. The van der Waals surface area contributed by atoms with Gasteiger partial charge < -0.3 is 15.4 Å². The van der Waals surface area contributed by atoms with E-state index in [1.165, 1.54) is 0 Å². The van der Waals surface area contributed by atoms with Gasteiger partial charge >= 0.3 is 6.03 Å². The Morgan fingerprint density at radius 3 is 2.08 bits per heavy atom. The van der Waals surface area contributed by atoms with E-state index in [0.717, 1.165) is 30.6 Å². The Bertz CT molecular complexity index is 600. The van der Waals surface area contributed by atoms with E-state index in [2.05, 4.69) is 10.6 Å². The zero-order chi connectivity index (χ0) is 16.8. The third kappa shape index (κ3) is 4.15. The molecule has 4 heteroatoms. The van der Waals surface area contributed by atoms with Crippen LogP contribution >= 0.6 is 0 Å². The van der Waals surface area contributed by atoms with Crippen LogP contribution < -0.4 is 10.6 Å². The van der Waals surface area contributed by atoms with Gasteiger partial charge in [-0.15, -0.1) is 0 Å². The Morgan fingerprint density at radius 2 is 1.58 bits per heavy atom. The van der Waals surface area contributed by atoms with Crippen LogP contribution in [0.25, 0.3) is 0 Å². The normalized spacial score (nSPS) is 18.3. The second-order valence-electron chi connectivity index (χ2n) is 6.21. The van der Waals surface area contributed by atoms with Crippen LogP contribution in [-0.2, 0) is 4.74 Å². The molecule has 126 valence electrons. The summed E-state index contributed by atoms with van der Waals surface area (Å²) in [6, 6.07) is 19.7. The summed E-state index contributed by atoms with van der Waals surface area (Å²) in [4.78, 5) is 12.5. The predicted molar refractivity (Wildman–Crippen MR) is 94.8 cm³/mol. The zero-order valence-corrected chi connectivity index (χ0v) is 13.9. The van der Waals surface area contributed by atoms with Gasteiger partial charge in [0.2, 0.25) is 0 Å². The van der Waals surface area contributed by atoms with E-state index in [1.807, 2.05) is 67.6 Å². The Labute approximate surface area is 143 Å². The minimum absolute atomic E-state index is 0.000281. The Balaban J connectivity index is 1.71. The van der Waals surface area contributed by atoms with Gasteiger partial charge in [0.1, 0.15) is 0 Å². The SMILES string of the molecule is C[C@H](NC(=O)NC(c1ccccc1)c1ccccc1)[C@@H]1CCCO1. The minimum atomic E-state index is -0.177. The predicted octanol–water partition coefficient (Wildman–Crippen LogP) is 3.64. The highest BCUT2D eigenvalue weighted by molar-refractivity contribution is 5.75. The van der Waals surface area contributed by atoms with Gasteiger partial charge in [0, 0.05) is 6.61 Å². The molecule has 0 saturated carbocycles. The van der Waals surface area contributed by atoms with Gasteiger partial charge in [-0.25, -0.2) is 4.79 Å². The molecule has 2 amide bonds. The Kier molecular flexibility index (Phi) is 5.49. The largest absolute Gasteiger partial charge is 0.376 e. The molecule has 2 aromatic rings. The van der Waals surface area contributed by atoms with Crippen molar-refractivity contribution in [1.82, 2.24) is 10.6 Å². The fourth-order valence-electron chi connectivity index (χ4n) is 3.12. The molecule has 4 nitrogen and oxygen atoms in total. The number of urea groups is 1. The lowest BCUT2D eigenvalue weighted by molar-refractivity contribution is 0.0859. The first kappa shape index (κ1) is 16.5. The van der Waals surface area contributed by atoms with Crippen molar-refractivity contribution < 1.29 is 9.53 Å². The lowest BCUT2D eigenvalue weighted by atomic mass is 9.99. The second-order valence-corrected chi connectivity index (χ2v) is 6.21. The van der Waals surface area contributed by atoms with Crippen LogP contribution in [0, 0.1) is 0 Å². The Morgan fingerprint density at radius 1 is 1.00 bits per heavy atom. The number of ether oxygens (including phenoxy) is 1. The molecule has 1 fully saturated rings. The maximum atomic E-state index is 12.5. The monoisotopic (exact) mass is 324 g/mol. The summed E-state index contributed by atoms with van der Waals surface area (Å²) in [5.74, 6) is 0. The van der Waals surface area contributed by atoms with Gasteiger partial charge in [-0.1, -0.05) is 60.7 Å². The molecule has 1 saturated heterocycles. The van der Waals surface area contributed by atoms with Crippen molar-refractivity contribution >= 4 is 6.03 Å².